The largest absolute Gasteiger partial charge is 0.494 e. The molecule has 0 aliphatic carbocycles. The Labute approximate surface area is 188 Å². The molecule has 7 nitrogen and oxygen atoms in total. The van der Waals surface area contributed by atoms with Gasteiger partial charge in [0.05, 0.1) is 13.2 Å². The molecule has 0 saturated carbocycles. The van der Waals surface area contributed by atoms with E-state index < -0.39 is 23.5 Å². The number of rotatable bonds is 5. The van der Waals surface area contributed by atoms with E-state index in [4.69, 9.17) is 4.74 Å². The number of hydrogen-bond donors (Lipinski definition) is 0. The molecule has 1 aliphatic rings. The van der Waals surface area contributed by atoms with E-state index in [1.807, 2.05) is 6.07 Å². The molecule has 2 heterocycles. The molecular formula is C23H22F3N5O2. The van der Waals surface area contributed by atoms with E-state index in [2.05, 4.69) is 15.4 Å². The molecule has 1 amide bonds. The van der Waals surface area contributed by atoms with Crippen molar-refractivity contribution in [2.45, 2.75) is 32.7 Å². The Bertz CT molecular complexity index is 1220. The van der Waals surface area contributed by atoms with Gasteiger partial charge in [0.2, 0.25) is 5.91 Å². The minimum absolute atomic E-state index is 0.197. The lowest BCUT2D eigenvalue weighted by Gasteiger charge is -2.34. The van der Waals surface area contributed by atoms with Crippen LogP contribution in [0.25, 0.3) is 11.8 Å². The van der Waals surface area contributed by atoms with Crippen LogP contribution in [0.4, 0.5) is 13.2 Å². The lowest BCUT2D eigenvalue weighted by Crippen LogP contribution is -2.38. The van der Waals surface area contributed by atoms with Crippen LogP contribution >= 0.6 is 0 Å². The van der Waals surface area contributed by atoms with Crippen LogP contribution in [-0.2, 0) is 4.79 Å². The van der Waals surface area contributed by atoms with E-state index in [0.717, 1.165) is 17.7 Å². The number of piperidine rings is 1. The molecule has 1 fully saturated rings. The fraction of sp³-hybridized carbons (Fsp3) is 0.304. The van der Waals surface area contributed by atoms with Gasteiger partial charge in [0.25, 0.3) is 0 Å². The lowest BCUT2D eigenvalue weighted by molar-refractivity contribution is -0.130. The maximum absolute atomic E-state index is 13.7. The van der Waals surface area contributed by atoms with Crippen LogP contribution in [0.1, 0.15) is 42.8 Å². The fourth-order valence-electron chi connectivity index (χ4n) is 3.87. The number of aromatic nitrogens is 4. The first-order chi connectivity index (χ1) is 15.8. The second-order valence-electron chi connectivity index (χ2n) is 7.80. The van der Waals surface area contributed by atoms with Crippen molar-refractivity contribution in [3.63, 3.8) is 0 Å². The van der Waals surface area contributed by atoms with Crippen LogP contribution < -0.4 is 4.74 Å². The number of aryl methyl sites for hydroxylation is 1. The third kappa shape index (κ3) is 4.46. The molecule has 1 saturated heterocycles. The number of halogens is 3. The van der Waals surface area contributed by atoms with Crippen molar-refractivity contribution < 1.29 is 22.7 Å². The zero-order valence-electron chi connectivity index (χ0n) is 18.3. The topological polar surface area (TPSA) is 73.1 Å². The number of hydrogen-bond acceptors (Lipinski definition) is 5. The molecule has 172 valence electrons. The standard InChI is InChI=1S/C23H22F3N5O2/c1-13(17-11-18(24)22(26)19(25)12-17)30-8-4-5-16(23(30)32)9-15-6-7-20(21(10-15)33-3)31-28-14(2)27-29-31/h6-7,9-13H,4-5,8H2,1-3H3/b16-9+/t13-/m0/s1. The zero-order valence-corrected chi connectivity index (χ0v) is 18.3. The van der Waals surface area contributed by atoms with Crippen molar-refractivity contribution in [2.75, 3.05) is 13.7 Å². The van der Waals surface area contributed by atoms with Gasteiger partial charge < -0.3 is 9.64 Å². The number of likely N-dealkylation sites (tertiary alicyclic amines) is 1. The zero-order chi connectivity index (χ0) is 23.7. The molecule has 2 aromatic carbocycles. The first-order valence-corrected chi connectivity index (χ1v) is 10.4. The van der Waals surface area contributed by atoms with Gasteiger partial charge in [0.15, 0.2) is 23.3 Å². The van der Waals surface area contributed by atoms with E-state index in [-0.39, 0.29) is 11.5 Å². The molecule has 1 aliphatic heterocycles. The van der Waals surface area contributed by atoms with Gasteiger partial charge in [0.1, 0.15) is 11.4 Å². The van der Waals surface area contributed by atoms with Crippen molar-refractivity contribution in [1.82, 2.24) is 25.1 Å². The molecule has 4 rings (SSSR count). The van der Waals surface area contributed by atoms with Gasteiger partial charge in [-0.1, -0.05) is 6.07 Å². The number of amides is 1. The highest BCUT2D eigenvalue weighted by molar-refractivity contribution is 5.98. The normalized spacial score (nSPS) is 16.4. The minimum atomic E-state index is -1.52. The number of methoxy groups -OCH3 is 1. The Morgan fingerprint density at radius 3 is 2.52 bits per heavy atom. The van der Waals surface area contributed by atoms with Gasteiger partial charge in [-0.15, -0.1) is 15.0 Å². The molecule has 33 heavy (non-hydrogen) atoms. The third-order valence-electron chi connectivity index (χ3n) is 5.61. The Hall–Kier alpha value is -3.69. The molecule has 10 heteroatoms. The van der Waals surface area contributed by atoms with E-state index in [1.165, 1.54) is 16.8 Å². The summed E-state index contributed by atoms with van der Waals surface area (Å²) in [5.74, 6) is -3.29. The Morgan fingerprint density at radius 1 is 1.15 bits per heavy atom. The summed E-state index contributed by atoms with van der Waals surface area (Å²) >= 11 is 0. The van der Waals surface area contributed by atoms with Crippen LogP contribution in [0.2, 0.25) is 0 Å². The van der Waals surface area contributed by atoms with Gasteiger partial charge in [-0.2, -0.15) is 0 Å². The number of nitrogens with zero attached hydrogens (tertiary/aromatic N) is 5. The van der Waals surface area contributed by atoms with Crippen molar-refractivity contribution >= 4 is 12.0 Å². The summed E-state index contributed by atoms with van der Waals surface area (Å²) < 4.78 is 46.2. The summed E-state index contributed by atoms with van der Waals surface area (Å²) in [6.07, 6.45) is 3.01. The van der Waals surface area contributed by atoms with Crippen LogP contribution in [0.3, 0.4) is 0 Å². The number of tetrazole rings is 1. The van der Waals surface area contributed by atoms with E-state index in [9.17, 15) is 18.0 Å². The van der Waals surface area contributed by atoms with E-state index >= 15 is 0 Å². The number of carbonyl (C=O) groups is 1. The number of carbonyl (C=O) groups excluding carboxylic acids is 1. The van der Waals surface area contributed by atoms with Crippen LogP contribution in [-0.4, -0.2) is 44.7 Å². The van der Waals surface area contributed by atoms with Crippen LogP contribution in [0.15, 0.2) is 35.9 Å². The molecule has 0 radical (unpaired) electrons. The summed E-state index contributed by atoms with van der Waals surface area (Å²) in [6, 6.07) is 6.58. The smallest absolute Gasteiger partial charge is 0.250 e. The summed E-state index contributed by atoms with van der Waals surface area (Å²) in [5, 5.41) is 12.0. The molecule has 3 aromatic rings. The SMILES string of the molecule is COc1cc(/C=C2\CCCN([C@@H](C)c3cc(F)c(F)c(F)c3)C2=O)ccc1-n1nnc(C)n1. The summed E-state index contributed by atoms with van der Waals surface area (Å²) in [6.45, 7) is 3.82. The predicted octanol–water partition coefficient (Wildman–Crippen LogP) is 4.16. The monoisotopic (exact) mass is 457 g/mol. The Balaban J connectivity index is 1.60. The molecular weight excluding hydrogens is 435 g/mol. The first-order valence-electron chi connectivity index (χ1n) is 10.4. The van der Waals surface area contributed by atoms with Crippen molar-refractivity contribution in [2.24, 2.45) is 0 Å². The van der Waals surface area contributed by atoms with E-state index in [1.54, 1.807) is 32.1 Å². The van der Waals surface area contributed by atoms with Crippen molar-refractivity contribution in [3.05, 3.63) is 70.3 Å². The molecule has 0 N–H and O–H groups in total. The molecule has 0 spiro atoms. The molecule has 1 aromatic heterocycles. The molecule has 0 bridgehead atoms. The highest BCUT2D eigenvalue weighted by atomic mass is 19.2. The lowest BCUT2D eigenvalue weighted by atomic mass is 9.97. The van der Waals surface area contributed by atoms with Gasteiger partial charge >= 0.3 is 0 Å². The van der Waals surface area contributed by atoms with Crippen LogP contribution in [0, 0.1) is 24.4 Å². The van der Waals surface area contributed by atoms with Gasteiger partial charge in [-0.3, -0.25) is 4.79 Å². The van der Waals surface area contributed by atoms with Gasteiger partial charge in [-0.25, -0.2) is 13.2 Å². The summed E-state index contributed by atoms with van der Waals surface area (Å²) in [4.78, 5) is 16.1. The quantitative estimate of drug-likeness (QED) is 0.425. The highest BCUT2D eigenvalue weighted by Gasteiger charge is 2.29. The highest BCUT2D eigenvalue weighted by Crippen LogP contribution is 2.31. The molecule has 1 atom stereocenters. The Kier molecular flexibility index (Phi) is 6.17. The second kappa shape index (κ2) is 9.05. The number of benzene rings is 2. The fourth-order valence-corrected chi connectivity index (χ4v) is 3.87. The summed E-state index contributed by atoms with van der Waals surface area (Å²) in [5.41, 5.74) is 2.10. The summed E-state index contributed by atoms with van der Waals surface area (Å²) in [7, 11) is 1.52. The van der Waals surface area contributed by atoms with E-state index in [0.29, 0.717) is 42.2 Å². The van der Waals surface area contributed by atoms with Crippen LogP contribution in [0.5, 0.6) is 5.75 Å². The van der Waals surface area contributed by atoms with Gasteiger partial charge in [0, 0.05) is 12.1 Å². The number of ether oxygens (including phenoxy) is 1. The average molecular weight is 457 g/mol. The average Bonchev–Trinajstić information content (AvgIpc) is 3.24. The minimum Gasteiger partial charge on any atom is -0.494 e. The van der Waals surface area contributed by atoms with Gasteiger partial charge in [-0.05, 0) is 73.4 Å². The Morgan fingerprint density at radius 2 is 1.88 bits per heavy atom. The second-order valence-corrected chi connectivity index (χ2v) is 7.80. The first kappa shape index (κ1) is 22.5. The third-order valence-corrected chi connectivity index (χ3v) is 5.61. The van der Waals surface area contributed by atoms with Crippen molar-refractivity contribution in [3.8, 4) is 11.4 Å². The predicted molar refractivity (Wildman–Crippen MR) is 114 cm³/mol. The van der Waals surface area contributed by atoms with Crippen molar-refractivity contribution in [1.29, 1.82) is 0 Å². The maximum Gasteiger partial charge on any atom is 0.250 e. The molecule has 0 unspecified atom stereocenters. The maximum atomic E-state index is 13.7.